The van der Waals surface area contributed by atoms with E-state index in [-0.39, 0.29) is 5.43 Å². The van der Waals surface area contributed by atoms with Gasteiger partial charge in [-0.25, -0.2) is 0 Å². The van der Waals surface area contributed by atoms with Crippen LogP contribution < -0.4 is 10.2 Å². The molecule has 4 heteroatoms. The zero-order valence-electron chi connectivity index (χ0n) is 11.9. The zero-order valence-corrected chi connectivity index (χ0v) is 12.7. The Labute approximate surface area is 133 Å². The normalized spacial score (nSPS) is 10.8. The maximum absolute atomic E-state index is 12.5. The molecular formula is C18H15ClO3. The number of benzene rings is 2. The highest BCUT2D eigenvalue weighted by Gasteiger charge is 2.11. The Bertz CT molecular complexity index is 825. The van der Waals surface area contributed by atoms with E-state index in [9.17, 15) is 4.79 Å². The summed E-state index contributed by atoms with van der Waals surface area (Å²) in [6.07, 6.45) is 0.728. The molecule has 0 N–H and O–H groups in total. The fourth-order valence-corrected chi connectivity index (χ4v) is 2.39. The molecule has 1 aromatic heterocycles. The van der Waals surface area contributed by atoms with Crippen molar-refractivity contribution in [1.82, 2.24) is 0 Å². The van der Waals surface area contributed by atoms with E-state index in [1.54, 1.807) is 12.1 Å². The highest BCUT2D eigenvalue weighted by Crippen LogP contribution is 2.27. The van der Waals surface area contributed by atoms with Gasteiger partial charge in [0.05, 0.1) is 6.61 Å². The van der Waals surface area contributed by atoms with Gasteiger partial charge in [-0.1, -0.05) is 36.4 Å². The average Bonchev–Trinajstić information content (AvgIpc) is 2.55. The van der Waals surface area contributed by atoms with Crippen LogP contribution in [0.5, 0.6) is 5.75 Å². The second-order valence-electron chi connectivity index (χ2n) is 4.86. The van der Waals surface area contributed by atoms with E-state index in [1.165, 1.54) is 6.07 Å². The van der Waals surface area contributed by atoms with Crippen molar-refractivity contribution in [3.8, 4) is 17.1 Å². The third-order valence-electron chi connectivity index (χ3n) is 3.31. The molecule has 0 aliphatic carbocycles. The number of hydrogen-bond donors (Lipinski definition) is 0. The standard InChI is InChI=1S/C18H15ClO3/c19-10-5-11-21-15-8-4-9-16-18(15)14(20)12-17(22-16)13-6-2-1-3-7-13/h1-4,6-9,12H,5,10-11H2. The molecule has 2 aromatic carbocycles. The third-order valence-corrected chi connectivity index (χ3v) is 3.58. The largest absolute Gasteiger partial charge is 0.493 e. The van der Waals surface area contributed by atoms with Crippen molar-refractivity contribution < 1.29 is 9.15 Å². The zero-order chi connectivity index (χ0) is 15.4. The van der Waals surface area contributed by atoms with Crippen molar-refractivity contribution in [3.05, 3.63) is 64.8 Å². The lowest BCUT2D eigenvalue weighted by atomic mass is 10.1. The summed E-state index contributed by atoms with van der Waals surface area (Å²) in [4.78, 5) is 12.5. The summed E-state index contributed by atoms with van der Waals surface area (Å²) in [6, 6.07) is 16.4. The second-order valence-corrected chi connectivity index (χ2v) is 5.24. The molecule has 112 valence electrons. The number of alkyl halides is 1. The van der Waals surface area contributed by atoms with Crippen molar-refractivity contribution in [2.75, 3.05) is 12.5 Å². The number of rotatable bonds is 5. The van der Waals surface area contributed by atoms with Gasteiger partial charge in [-0.2, -0.15) is 0 Å². The molecule has 0 amide bonds. The van der Waals surface area contributed by atoms with E-state index in [2.05, 4.69) is 0 Å². The van der Waals surface area contributed by atoms with Gasteiger partial charge in [0, 0.05) is 17.5 Å². The maximum Gasteiger partial charge on any atom is 0.197 e. The van der Waals surface area contributed by atoms with E-state index < -0.39 is 0 Å². The molecule has 0 spiro atoms. The summed E-state index contributed by atoms with van der Waals surface area (Å²) >= 11 is 5.65. The van der Waals surface area contributed by atoms with E-state index in [0.29, 0.717) is 35.0 Å². The van der Waals surface area contributed by atoms with E-state index in [4.69, 9.17) is 20.8 Å². The van der Waals surface area contributed by atoms with Crippen LogP contribution in [0.15, 0.2) is 63.8 Å². The number of ether oxygens (including phenoxy) is 1. The fourth-order valence-electron chi connectivity index (χ4n) is 2.28. The summed E-state index contributed by atoms with van der Waals surface area (Å²) in [7, 11) is 0. The Morgan fingerprint density at radius 2 is 1.86 bits per heavy atom. The summed E-state index contributed by atoms with van der Waals surface area (Å²) in [5, 5.41) is 0.469. The molecule has 0 unspecified atom stereocenters. The average molecular weight is 315 g/mol. The molecule has 0 aliphatic heterocycles. The Balaban J connectivity index is 2.07. The first-order valence-corrected chi connectivity index (χ1v) is 7.64. The van der Waals surface area contributed by atoms with Crippen LogP contribution in [0.25, 0.3) is 22.3 Å². The van der Waals surface area contributed by atoms with Crippen LogP contribution in [0.1, 0.15) is 6.42 Å². The SMILES string of the molecule is O=c1cc(-c2ccccc2)oc2cccc(OCCCCl)c12. The number of halogens is 1. The molecule has 3 nitrogen and oxygen atoms in total. The van der Waals surface area contributed by atoms with Gasteiger partial charge in [0.25, 0.3) is 0 Å². The van der Waals surface area contributed by atoms with Gasteiger partial charge in [-0.05, 0) is 18.6 Å². The molecule has 0 saturated heterocycles. The van der Waals surface area contributed by atoms with Gasteiger partial charge in [0.2, 0.25) is 0 Å². The van der Waals surface area contributed by atoms with Gasteiger partial charge in [0.1, 0.15) is 22.5 Å². The van der Waals surface area contributed by atoms with Crippen LogP contribution in [0, 0.1) is 0 Å². The predicted molar refractivity (Wildman–Crippen MR) is 88.8 cm³/mol. The lowest BCUT2D eigenvalue weighted by molar-refractivity contribution is 0.321. The van der Waals surface area contributed by atoms with E-state index in [0.717, 1.165) is 12.0 Å². The van der Waals surface area contributed by atoms with E-state index in [1.807, 2.05) is 36.4 Å². The molecule has 0 saturated carbocycles. The first kappa shape index (κ1) is 14.7. The molecule has 0 radical (unpaired) electrons. The smallest absolute Gasteiger partial charge is 0.197 e. The minimum atomic E-state index is -0.110. The maximum atomic E-state index is 12.5. The molecule has 1 heterocycles. The van der Waals surface area contributed by atoms with Crippen LogP contribution in [-0.4, -0.2) is 12.5 Å². The summed E-state index contributed by atoms with van der Waals surface area (Å²) in [5.74, 6) is 1.62. The Hall–Kier alpha value is -2.26. The second kappa shape index (κ2) is 6.67. The van der Waals surface area contributed by atoms with Crippen LogP contribution in [0.2, 0.25) is 0 Å². The fraction of sp³-hybridized carbons (Fsp3) is 0.167. The van der Waals surface area contributed by atoms with Gasteiger partial charge < -0.3 is 9.15 Å². The number of fused-ring (bicyclic) bond motifs is 1. The highest BCUT2D eigenvalue weighted by molar-refractivity contribution is 6.17. The topological polar surface area (TPSA) is 39.4 Å². The number of hydrogen-bond acceptors (Lipinski definition) is 3. The van der Waals surface area contributed by atoms with Crippen molar-refractivity contribution in [2.45, 2.75) is 6.42 Å². The first-order chi connectivity index (χ1) is 10.8. The van der Waals surface area contributed by atoms with E-state index >= 15 is 0 Å². The molecule has 3 rings (SSSR count). The van der Waals surface area contributed by atoms with Crippen molar-refractivity contribution >= 4 is 22.6 Å². The van der Waals surface area contributed by atoms with Crippen molar-refractivity contribution in [3.63, 3.8) is 0 Å². The molecule has 0 fully saturated rings. The highest BCUT2D eigenvalue weighted by atomic mass is 35.5. The summed E-state index contributed by atoms with van der Waals surface area (Å²) in [5.41, 5.74) is 1.28. The third kappa shape index (κ3) is 3.00. The van der Waals surface area contributed by atoms with Gasteiger partial charge in [-0.3, -0.25) is 4.79 Å². The molecule has 0 bridgehead atoms. The van der Waals surface area contributed by atoms with Crippen LogP contribution in [-0.2, 0) is 0 Å². The molecule has 0 aliphatic rings. The first-order valence-electron chi connectivity index (χ1n) is 7.10. The quantitative estimate of drug-likeness (QED) is 0.515. The predicted octanol–water partition coefficient (Wildman–Crippen LogP) is 4.47. The van der Waals surface area contributed by atoms with Crippen LogP contribution in [0.3, 0.4) is 0 Å². The van der Waals surface area contributed by atoms with Crippen molar-refractivity contribution in [1.29, 1.82) is 0 Å². The lowest BCUT2D eigenvalue weighted by Gasteiger charge is -2.09. The summed E-state index contributed by atoms with van der Waals surface area (Å²) in [6.45, 7) is 0.475. The summed E-state index contributed by atoms with van der Waals surface area (Å²) < 4.78 is 11.5. The molecular weight excluding hydrogens is 300 g/mol. The lowest BCUT2D eigenvalue weighted by Crippen LogP contribution is -2.05. The van der Waals surface area contributed by atoms with Gasteiger partial charge in [-0.15, -0.1) is 11.6 Å². The Morgan fingerprint density at radius 3 is 2.64 bits per heavy atom. The monoisotopic (exact) mass is 314 g/mol. The minimum absolute atomic E-state index is 0.110. The molecule has 22 heavy (non-hydrogen) atoms. The van der Waals surface area contributed by atoms with Crippen LogP contribution in [0.4, 0.5) is 0 Å². The van der Waals surface area contributed by atoms with Gasteiger partial charge >= 0.3 is 0 Å². The van der Waals surface area contributed by atoms with Gasteiger partial charge in [0.15, 0.2) is 5.43 Å². The van der Waals surface area contributed by atoms with Crippen molar-refractivity contribution in [2.24, 2.45) is 0 Å². The Kier molecular flexibility index (Phi) is 4.45. The Morgan fingerprint density at radius 1 is 1.05 bits per heavy atom. The van der Waals surface area contributed by atoms with Crippen LogP contribution >= 0.6 is 11.6 Å². The minimum Gasteiger partial charge on any atom is -0.493 e. The molecule has 0 atom stereocenters. The molecule has 3 aromatic rings.